The second-order valence-electron chi connectivity index (χ2n) is 27.3. The minimum Gasteiger partial charge on any atom is -0.693 e. The summed E-state index contributed by atoms with van der Waals surface area (Å²) in [5.41, 5.74) is 10.4. The van der Waals surface area contributed by atoms with E-state index in [1.54, 1.807) is 41.7 Å². The number of nitrogens with one attached hydrogen (secondary N) is 4. The summed E-state index contributed by atoms with van der Waals surface area (Å²) in [5.74, 6) is -7.18. The minimum atomic E-state index is -3.18. The fourth-order valence-corrected chi connectivity index (χ4v) is 16.8. The zero-order valence-electron chi connectivity index (χ0n) is 62.1. The van der Waals surface area contributed by atoms with Crippen molar-refractivity contribution in [3.8, 4) is 0 Å². The first kappa shape index (κ1) is 100. The van der Waals surface area contributed by atoms with Gasteiger partial charge in [0.15, 0.2) is 5.78 Å². The van der Waals surface area contributed by atoms with Gasteiger partial charge in [-0.05, 0) is 25.7 Å². The zero-order chi connectivity index (χ0) is 73.7. The van der Waals surface area contributed by atoms with E-state index in [9.17, 15) is 67.7 Å². The number of nitrogens with two attached hydrogens (primary N) is 3. The maximum Gasteiger partial charge on any atom is 0 e. The third kappa shape index (κ3) is 49.8. The summed E-state index contributed by atoms with van der Waals surface area (Å²) >= 11 is -3.18. The van der Waals surface area contributed by atoms with Gasteiger partial charge in [0, 0.05) is 80.1 Å². The maximum absolute atomic E-state index is 14.6. The van der Waals surface area contributed by atoms with Crippen LogP contribution in [-0.2, 0) is 109 Å². The number of unbranched alkanes of at least 4 members (excludes halogenated alkanes) is 16. The Bertz CT molecular complexity index is 2390. The van der Waals surface area contributed by atoms with Gasteiger partial charge in [0.1, 0.15) is 12.6 Å². The number of aliphatic hydroxyl groups excluding tert-OH is 1. The number of rotatable bonds is 69. The number of halogens is 1. The molecule has 26 nitrogen and oxygen atoms in total. The molecule has 0 heterocycles. The molecule has 0 bridgehead atoms. The van der Waals surface area contributed by atoms with Crippen LogP contribution in [0.2, 0.25) is 0 Å². The van der Waals surface area contributed by atoms with Gasteiger partial charge in [-0.15, -0.1) is 0 Å². The van der Waals surface area contributed by atoms with Crippen molar-refractivity contribution in [3.63, 3.8) is 0 Å². The van der Waals surface area contributed by atoms with Gasteiger partial charge < -0.3 is 41.2 Å². The minimum absolute atomic E-state index is 0. The largest absolute Gasteiger partial charge is 0.693 e. The van der Waals surface area contributed by atoms with Crippen LogP contribution in [0.15, 0.2) is 0 Å². The van der Waals surface area contributed by atoms with Gasteiger partial charge in [-0.25, -0.2) is 4.79 Å². The average Bonchev–Trinajstić information content (AvgIpc) is 0.798. The van der Waals surface area contributed by atoms with Crippen LogP contribution in [0, 0.1) is 35.0 Å². The Labute approximate surface area is 639 Å². The Hall–Kier alpha value is -3.78. The third-order valence-corrected chi connectivity index (χ3v) is 23.6. The van der Waals surface area contributed by atoms with Gasteiger partial charge in [-0.3, -0.25) is 19.2 Å². The number of Topliss-reactive ketones (excluding diaryl/α,β-unsaturated/α-hetero) is 5. The Morgan fingerprint density at radius 1 is 0.550 bits per heavy atom. The molecule has 100 heavy (non-hydrogen) atoms. The van der Waals surface area contributed by atoms with E-state index in [2.05, 4.69) is 19.5 Å². The predicted molar refractivity (Wildman–Crippen MR) is 403 cm³/mol. The van der Waals surface area contributed by atoms with Crippen LogP contribution in [0.5, 0.6) is 0 Å². The molecule has 1 radical (unpaired) electrons. The molecule has 0 aliphatic heterocycles. The SMILES string of the molecule is CNI(C(=O)[C@H](CCCN)CC(=O)[C@@](C)(CC(=O)[C-](C)C)CC(C)C)C(C)(C)C(=O)C[C@@H](CCCCNC(=O)COCCOCCCC(=O)COCCOCCNC(=O)CC[C@H](NC(=O)CCCCCCCCCCCCCCCCCCC(=O)O)C(=O)O)C(=O)C[C@@H](CO)C(N)=O.[HH].[HH].[HH].[HH].[HH].[HH].[NH2-].[Y]. The number of ketones is 5. The van der Waals surface area contributed by atoms with Gasteiger partial charge in [0.05, 0.1) is 33.0 Å². The maximum atomic E-state index is 14.6. The second kappa shape index (κ2) is 61.5. The van der Waals surface area contributed by atoms with Gasteiger partial charge in [-0.2, -0.15) is 0 Å². The normalized spacial score (nSPS) is 13.3. The Morgan fingerprint density at radius 2 is 1.06 bits per heavy atom. The molecule has 0 unspecified atom stereocenters. The number of ether oxygens (including phenoxy) is 4. The molecule has 0 aliphatic rings. The van der Waals surface area contributed by atoms with Crippen molar-refractivity contribution in [2.75, 3.05) is 86.1 Å². The van der Waals surface area contributed by atoms with E-state index in [0.717, 1.165) is 44.9 Å². The zero-order valence-corrected chi connectivity index (χ0v) is 67.1. The molecule has 0 spiro atoms. The van der Waals surface area contributed by atoms with Crippen molar-refractivity contribution in [1.29, 1.82) is 0 Å². The number of amides is 4. The second-order valence-corrected chi connectivity index (χ2v) is 33.7. The molecule has 0 aliphatic carbocycles. The fourth-order valence-electron chi connectivity index (χ4n) is 11.4. The fraction of sp³-hybridized carbons (Fsp3) is 0.819. The average molecular weight is 1630 g/mol. The number of alkyl halides is 1. The topological polar surface area (TPSA) is 436 Å². The number of primary amides is 1. The molecular weight excluding hydrogens is 1480 g/mol. The van der Waals surface area contributed by atoms with Crippen LogP contribution >= 0.6 is 20.1 Å². The van der Waals surface area contributed by atoms with Crippen molar-refractivity contribution in [2.45, 2.75) is 263 Å². The molecule has 0 fully saturated rings. The first-order chi connectivity index (χ1) is 46.6. The van der Waals surface area contributed by atoms with Crippen LogP contribution in [0.1, 0.15) is 262 Å². The first-order valence-electron chi connectivity index (χ1n) is 36.1. The van der Waals surface area contributed by atoms with Crippen LogP contribution in [-0.4, -0.2) is 179 Å². The van der Waals surface area contributed by atoms with E-state index in [-0.39, 0.29) is 235 Å². The predicted octanol–water partition coefficient (Wildman–Crippen LogP) is 11.0. The third-order valence-electron chi connectivity index (χ3n) is 17.3. The smallest absolute Gasteiger partial charge is 0 e. The van der Waals surface area contributed by atoms with E-state index >= 15 is 0 Å². The van der Waals surface area contributed by atoms with Gasteiger partial charge in [-0.1, -0.05) is 89.9 Å². The molecule has 0 aromatic rings. The number of hydrogen-bond donors (Lipinski definition) is 9. The van der Waals surface area contributed by atoms with Gasteiger partial charge >= 0.3 is 319 Å². The molecule has 0 aromatic heterocycles. The Balaban J connectivity index is -0.00000168. The quantitative estimate of drug-likeness (QED) is 0.00682. The number of hydrogen-bond acceptors (Lipinski definition) is 19. The Morgan fingerprint density at radius 3 is 1.57 bits per heavy atom. The van der Waals surface area contributed by atoms with Crippen LogP contribution in [0.25, 0.3) is 6.15 Å². The molecule has 0 saturated heterocycles. The van der Waals surface area contributed by atoms with Crippen LogP contribution in [0.4, 0.5) is 0 Å². The van der Waals surface area contributed by atoms with Gasteiger partial charge in [0.25, 0.3) is 0 Å². The monoisotopic (exact) mass is 1620 g/mol. The summed E-state index contributed by atoms with van der Waals surface area (Å²) in [5, 5.41) is 36.1. The summed E-state index contributed by atoms with van der Waals surface area (Å²) in [6.07, 6.45) is 20.2. The molecule has 4 amide bonds. The van der Waals surface area contributed by atoms with Crippen molar-refractivity contribution < 1.29 is 133 Å². The molecule has 591 valence electrons. The number of carbonyl (C=O) groups is 12. The van der Waals surface area contributed by atoms with Crippen molar-refractivity contribution in [3.05, 3.63) is 12.1 Å². The molecular formula is C72H142IN7O19Y-2. The number of carbonyl (C=O) groups excluding carboxylic acids is 10. The van der Waals surface area contributed by atoms with E-state index in [0.29, 0.717) is 50.9 Å². The summed E-state index contributed by atoms with van der Waals surface area (Å²) < 4.78 is 23.6. The summed E-state index contributed by atoms with van der Waals surface area (Å²) in [6, 6.07) is -1.17. The molecule has 5 atom stereocenters. The molecule has 13 N–H and O–H groups in total. The van der Waals surface area contributed by atoms with Crippen molar-refractivity contribution in [2.24, 2.45) is 40.6 Å². The van der Waals surface area contributed by atoms with Crippen LogP contribution in [0.3, 0.4) is 0 Å². The van der Waals surface area contributed by atoms with E-state index in [1.807, 2.05) is 13.8 Å². The van der Waals surface area contributed by atoms with Crippen LogP contribution < -0.4 is 30.9 Å². The Kier molecular flexibility index (Phi) is 61.8. The standard InChI is InChI=1S/C72H128IN6O19.H2N.Y.6H2/c1-53(2)48-72(7,49-61(83)54(3)4)63(85)47-56(30-27-36-74)68(91)73(76-8)71(5,6)62(84)46-55(60(82)45-57(50-80)69(75)92)29-25-26-37-77-66(88)52-98-44-41-95-39-28-31-58(81)51-97-43-42-96-40-38-78-64(86)35-34-59(70(93)94)79-65(87)32-23-21-19-17-15-13-11-9-10-12-14-16-18-20-22-24-33-67(89)90;;;;;;;;/h53,55-57,59,76,80H,9-52,74H2,1-8H3,(H2,75,92)(H,77,88)(H,78,86)(H,79,87)(H,89,90)(H,93,94);1H2;;6*1H/q2*-1;;;;;;;/t55-,56-,57+,59+,72-;;;;;;;;/m1......../s1. The first-order valence-corrected chi connectivity index (χ1v) is 39.3. The number of aliphatic hydroxyl groups is 1. The van der Waals surface area contributed by atoms with E-state index in [4.69, 9.17) is 35.5 Å². The number of carboxylic acids is 2. The number of aliphatic carboxylic acids is 2. The van der Waals surface area contributed by atoms with E-state index < -0.39 is 83.0 Å². The van der Waals surface area contributed by atoms with Gasteiger partial charge in [0.2, 0.25) is 11.8 Å². The van der Waals surface area contributed by atoms with Crippen molar-refractivity contribution in [1.82, 2.24) is 19.5 Å². The summed E-state index contributed by atoms with van der Waals surface area (Å²) in [7, 11) is 1.62. The molecule has 0 aromatic carbocycles. The molecule has 28 heteroatoms. The molecule has 0 rings (SSSR count). The van der Waals surface area contributed by atoms with E-state index in [1.165, 1.54) is 51.4 Å². The molecule has 0 saturated carbocycles. The van der Waals surface area contributed by atoms with Crippen molar-refractivity contribution >= 4 is 88.4 Å². The number of carboxylic acid groups (broad SMARTS) is 2. The summed E-state index contributed by atoms with van der Waals surface area (Å²) in [6.45, 7) is 13.3. The summed E-state index contributed by atoms with van der Waals surface area (Å²) in [4.78, 5) is 154.